The molecule has 4 heteroatoms. The molecule has 1 N–H and O–H groups in total. The highest BCUT2D eigenvalue weighted by molar-refractivity contribution is 5.86. The minimum Gasteiger partial charge on any atom is -0.362 e. The molecule has 2 saturated heterocycles. The van der Waals surface area contributed by atoms with Gasteiger partial charge in [-0.3, -0.25) is 4.79 Å². The number of ether oxygens (including phenoxy) is 1. The summed E-state index contributed by atoms with van der Waals surface area (Å²) in [5.74, 6) is 0.179. The Morgan fingerprint density at radius 2 is 2.50 bits per heavy atom. The molecule has 4 nitrogen and oxygen atoms in total. The molecule has 0 aromatic heterocycles. The van der Waals surface area contributed by atoms with Crippen LogP contribution in [0.15, 0.2) is 0 Å². The van der Waals surface area contributed by atoms with Crippen molar-refractivity contribution in [3.05, 3.63) is 0 Å². The van der Waals surface area contributed by atoms with Crippen LogP contribution in [-0.4, -0.2) is 49.2 Å². The first kappa shape index (κ1) is 9.93. The van der Waals surface area contributed by atoms with E-state index < -0.39 is 5.60 Å². The van der Waals surface area contributed by atoms with Gasteiger partial charge < -0.3 is 15.0 Å². The molecule has 2 heterocycles. The van der Waals surface area contributed by atoms with Crippen LogP contribution < -0.4 is 5.32 Å². The number of hydrogen-bond donors (Lipinski definition) is 1. The molecule has 0 aliphatic carbocycles. The van der Waals surface area contributed by atoms with Gasteiger partial charge in [0.2, 0.25) is 0 Å². The van der Waals surface area contributed by atoms with Gasteiger partial charge in [-0.15, -0.1) is 0 Å². The predicted molar refractivity (Wildman–Crippen MR) is 53.0 cm³/mol. The number of amides is 1. The first-order valence-corrected chi connectivity index (χ1v) is 5.42. The lowest BCUT2D eigenvalue weighted by atomic mass is 9.91. The van der Waals surface area contributed by atoms with Crippen LogP contribution in [0.1, 0.15) is 19.8 Å². The van der Waals surface area contributed by atoms with Crippen molar-refractivity contribution in [1.29, 1.82) is 0 Å². The fourth-order valence-corrected chi connectivity index (χ4v) is 2.29. The lowest BCUT2D eigenvalue weighted by Gasteiger charge is -2.43. The Morgan fingerprint density at radius 3 is 3.14 bits per heavy atom. The fourth-order valence-electron chi connectivity index (χ4n) is 2.29. The summed E-state index contributed by atoms with van der Waals surface area (Å²) in [5, 5.41) is 3.25. The van der Waals surface area contributed by atoms with Gasteiger partial charge in [0.1, 0.15) is 0 Å². The average molecular weight is 198 g/mol. The van der Waals surface area contributed by atoms with Gasteiger partial charge >= 0.3 is 0 Å². The second-order valence-corrected chi connectivity index (χ2v) is 4.01. The number of nitrogens with zero attached hydrogens (tertiary/aromatic N) is 1. The van der Waals surface area contributed by atoms with E-state index in [-0.39, 0.29) is 5.91 Å². The van der Waals surface area contributed by atoms with Crippen LogP contribution in [-0.2, 0) is 9.53 Å². The van der Waals surface area contributed by atoms with Crippen LogP contribution in [0.2, 0.25) is 0 Å². The van der Waals surface area contributed by atoms with Crippen LogP contribution in [0.25, 0.3) is 0 Å². The molecule has 2 fully saturated rings. The molecule has 80 valence electrons. The zero-order valence-electron chi connectivity index (χ0n) is 8.71. The van der Waals surface area contributed by atoms with E-state index in [1.807, 2.05) is 11.8 Å². The maximum absolute atomic E-state index is 12.1. The summed E-state index contributed by atoms with van der Waals surface area (Å²) in [7, 11) is 0. The third-order valence-electron chi connectivity index (χ3n) is 3.14. The van der Waals surface area contributed by atoms with Gasteiger partial charge in [0.15, 0.2) is 5.60 Å². The normalized spacial score (nSPS) is 33.8. The molecule has 2 rings (SSSR count). The van der Waals surface area contributed by atoms with Crippen molar-refractivity contribution in [2.24, 2.45) is 0 Å². The van der Waals surface area contributed by atoms with Crippen molar-refractivity contribution in [3.63, 3.8) is 0 Å². The van der Waals surface area contributed by atoms with E-state index in [0.29, 0.717) is 13.2 Å². The van der Waals surface area contributed by atoms with Crippen molar-refractivity contribution >= 4 is 5.91 Å². The van der Waals surface area contributed by atoms with Crippen LogP contribution >= 0.6 is 0 Å². The smallest absolute Gasteiger partial charge is 0.256 e. The standard InChI is InChI=1S/C10H18N2O2/c1-2-12-6-7-14-10(9(12)13)4-3-5-11-8-10/h11H,2-8H2,1H3. The average Bonchev–Trinajstić information content (AvgIpc) is 2.24. The zero-order chi connectivity index (χ0) is 10.0. The molecule has 0 radical (unpaired) electrons. The number of nitrogens with one attached hydrogen (secondary N) is 1. The van der Waals surface area contributed by atoms with E-state index in [9.17, 15) is 4.79 Å². The van der Waals surface area contributed by atoms with Crippen molar-refractivity contribution in [1.82, 2.24) is 10.2 Å². The van der Waals surface area contributed by atoms with Crippen LogP contribution in [0.5, 0.6) is 0 Å². The predicted octanol–water partition coefficient (Wildman–Crippen LogP) is -0.0127. The molecule has 2 aliphatic rings. The minimum atomic E-state index is -0.535. The van der Waals surface area contributed by atoms with Gasteiger partial charge in [-0.2, -0.15) is 0 Å². The van der Waals surface area contributed by atoms with E-state index in [2.05, 4.69) is 5.32 Å². The van der Waals surface area contributed by atoms with Gasteiger partial charge in [0.25, 0.3) is 5.91 Å². The Labute approximate surface area is 84.6 Å². The summed E-state index contributed by atoms with van der Waals surface area (Å²) < 4.78 is 5.70. The number of carbonyl (C=O) groups is 1. The lowest BCUT2D eigenvalue weighted by Crippen LogP contribution is -2.62. The maximum Gasteiger partial charge on any atom is 0.256 e. The van der Waals surface area contributed by atoms with E-state index in [4.69, 9.17) is 4.74 Å². The highest BCUT2D eigenvalue weighted by Gasteiger charge is 2.45. The fraction of sp³-hybridized carbons (Fsp3) is 0.900. The van der Waals surface area contributed by atoms with Crippen LogP contribution in [0, 0.1) is 0 Å². The van der Waals surface area contributed by atoms with Gasteiger partial charge in [0, 0.05) is 19.6 Å². The second kappa shape index (κ2) is 3.87. The summed E-state index contributed by atoms with van der Waals surface area (Å²) in [5.41, 5.74) is -0.535. The largest absolute Gasteiger partial charge is 0.362 e. The van der Waals surface area contributed by atoms with Crippen molar-refractivity contribution < 1.29 is 9.53 Å². The quantitative estimate of drug-likeness (QED) is 0.644. The Bertz CT molecular complexity index is 219. The molecule has 0 bridgehead atoms. The molecule has 1 spiro atoms. The van der Waals surface area contributed by atoms with Gasteiger partial charge in [0.05, 0.1) is 6.61 Å². The number of hydrogen-bond acceptors (Lipinski definition) is 3. The van der Waals surface area contributed by atoms with Gasteiger partial charge in [-0.25, -0.2) is 0 Å². The summed E-state index contributed by atoms with van der Waals surface area (Å²) >= 11 is 0. The Morgan fingerprint density at radius 1 is 1.64 bits per heavy atom. The lowest BCUT2D eigenvalue weighted by molar-refractivity contribution is -0.174. The number of likely N-dealkylation sites (N-methyl/N-ethyl adjacent to an activating group) is 1. The highest BCUT2D eigenvalue weighted by atomic mass is 16.5. The van der Waals surface area contributed by atoms with Crippen molar-refractivity contribution in [3.8, 4) is 0 Å². The number of piperidine rings is 1. The molecule has 1 unspecified atom stereocenters. The first-order valence-electron chi connectivity index (χ1n) is 5.42. The number of carbonyl (C=O) groups excluding carboxylic acids is 1. The molecule has 0 saturated carbocycles. The summed E-state index contributed by atoms with van der Waals surface area (Å²) in [6, 6.07) is 0. The SMILES string of the molecule is CCN1CCOC2(CCCNC2)C1=O. The molecular formula is C10H18N2O2. The maximum atomic E-state index is 12.1. The summed E-state index contributed by atoms with van der Waals surface area (Å²) in [6.45, 7) is 5.93. The second-order valence-electron chi connectivity index (χ2n) is 4.01. The Balaban J connectivity index is 2.12. The summed E-state index contributed by atoms with van der Waals surface area (Å²) in [6.07, 6.45) is 1.90. The third-order valence-corrected chi connectivity index (χ3v) is 3.14. The molecule has 2 aliphatic heterocycles. The topological polar surface area (TPSA) is 41.6 Å². The van der Waals surface area contributed by atoms with E-state index >= 15 is 0 Å². The van der Waals surface area contributed by atoms with Gasteiger partial charge in [-0.05, 0) is 26.3 Å². The summed E-state index contributed by atoms with van der Waals surface area (Å²) in [4.78, 5) is 14.0. The Hall–Kier alpha value is -0.610. The molecule has 1 amide bonds. The first-order chi connectivity index (χ1) is 6.78. The minimum absolute atomic E-state index is 0.179. The number of morpholine rings is 1. The van der Waals surface area contributed by atoms with Crippen molar-refractivity contribution in [2.75, 3.05) is 32.8 Å². The van der Waals surface area contributed by atoms with Crippen LogP contribution in [0.4, 0.5) is 0 Å². The van der Waals surface area contributed by atoms with E-state index in [1.54, 1.807) is 0 Å². The molecule has 0 aromatic carbocycles. The van der Waals surface area contributed by atoms with E-state index in [1.165, 1.54) is 0 Å². The molecular weight excluding hydrogens is 180 g/mol. The molecule has 1 atom stereocenters. The zero-order valence-corrected chi connectivity index (χ0v) is 8.71. The van der Waals surface area contributed by atoms with Crippen LogP contribution in [0.3, 0.4) is 0 Å². The van der Waals surface area contributed by atoms with Gasteiger partial charge in [-0.1, -0.05) is 0 Å². The Kier molecular flexibility index (Phi) is 2.74. The highest BCUT2D eigenvalue weighted by Crippen LogP contribution is 2.26. The van der Waals surface area contributed by atoms with Crippen molar-refractivity contribution in [2.45, 2.75) is 25.4 Å². The monoisotopic (exact) mass is 198 g/mol. The van der Waals surface area contributed by atoms with E-state index in [0.717, 1.165) is 32.5 Å². The molecule has 14 heavy (non-hydrogen) atoms. The molecule has 0 aromatic rings. The number of rotatable bonds is 1. The third kappa shape index (κ3) is 1.53.